The summed E-state index contributed by atoms with van der Waals surface area (Å²) in [5.74, 6) is -69.4. The average molecular weight is 1140 g/mol. The second kappa shape index (κ2) is 21.8. The van der Waals surface area contributed by atoms with Gasteiger partial charge in [-0.3, -0.25) is 10.3 Å². The summed E-state index contributed by atoms with van der Waals surface area (Å²) >= 11 is 0. The summed E-state index contributed by atoms with van der Waals surface area (Å²) in [4.78, 5) is 3.74. The zero-order chi connectivity index (χ0) is 57.8. The molecule has 4 nitrogen and oxygen atoms in total. The fourth-order valence-electron chi connectivity index (χ4n) is 10.0. The average Bonchev–Trinajstić information content (AvgIpc) is 4.15. The minimum Gasteiger partial charge on any atom is -0.362 e. The SMILES string of the molecule is C(=C1N[C@@H](c2ccccc2)[C@H](c2ccccc2)N1)C1=[NH+][C@@H](c2ccccc2)[C@H](c2ccccc2)N1.Fc1c(F)c(F)c([B-](c2c(F)c(F)c(F)c(F)c2F)(c2c(F)c(F)c(F)c(F)c2F)c2c(F)c(F)c(F)c(F)c2F)c(F)c1F. The van der Waals surface area contributed by atoms with Gasteiger partial charge in [-0.15, -0.1) is 21.9 Å². The smallest absolute Gasteiger partial charge is 0.272 e. The third kappa shape index (κ3) is 9.20. The van der Waals surface area contributed by atoms with Crippen LogP contribution in [0.2, 0.25) is 0 Å². The third-order valence-electron chi connectivity index (χ3n) is 13.5. The highest BCUT2D eigenvalue weighted by Crippen LogP contribution is 2.36. The maximum Gasteiger partial charge on any atom is 0.272 e. The molecule has 0 amide bonds. The zero-order valence-electron chi connectivity index (χ0n) is 39.6. The maximum atomic E-state index is 15.4. The first-order valence-electron chi connectivity index (χ1n) is 23.1. The summed E-state index contributed by atoms with van der Waals surface area (Å²) in [6.45, 7) is 0. The van der Waals surface area contributed by atoms with Crippen molar-refractivity contribution < 1.29 is 92.8 Å². The van der Waals surface area contributed by atoms with Gasteiger partial charge in [-0.1, -0.05) is 121 Å². The molecule has 2 aliphatic heterocycles. The molecule has 0 spiro atoms. The molecule has 10 rings (SSSR count). The Kier molecular flexibility index (Phi) is 15.3. The molecule has 412 valence electrons. The molecule has 8 aromatic rings. The fraction of sp³-hybridized carbons (Fsp3) is 0.0727. The van der Waals surface area contributed by atoms with Gasteiger partial charge in [-0.05, 0) is 11.1 Å². The second-order valence-electron chi connectivity index (χ2n) is 17.9. The first kappa shape index (κ1) is 56.0. The number of hydrogen-bond donors (Lipinski definition) is 4. The number of nitrogens with one attached hydrogen (secondary N) is 4. The van der Waals surface area contributed by atoms with Crippen LogP contribution in [0.25, 0.3) is 0 Å². The number of halogens is 20. The van der Waals surface area contributed by atoms with E-state index in [4.69, 9.17) is 0 Å². The first-order valence-corrected chi connectivity index (χ1v) is 23.1. The molecule has 0 aliphatic carbocycles. The van der Waals surface area contributed by atoms with Crippen molar-refractivity contribution >= 4 is 33.8 Å². The maximum absolute atomic E-state index is 15.4. The van der Waals surface area contributed by atoms with E-state index in [1.54, 1.807) is 0 Å². The lowest BCUT2D eigenvalue weighted by atomic mass is 9.12. The molecule has 8 aromatic carbocycles. The lowest BCUT2D eigenvalue weighted by Gasteiger charge is -2.44. The molecule has 0 radical (unpaired) electrons. The molecular formula is C55H29BF20N4. The molecule has 0 saturated carbocycles. The molecule has 2 heterocycles. The van der Waals surface area contributed by atoms with Gasteiger partial charge in [0.05, 0.1) is 18.2 Å². The van der Waals surface area contributed by atoms with Crippen LogP contribution in [0.15, 0.2) is 133 Å². The van der Waals surface area contributed by atoms with Crippen molar-refractivity contribution in [2.45, 2.75) is 24.2 Å². The molecule has 1 saturated heterocycles. The molecule has 25 heteroatoms. The van der Waals surface area contributed by atoms with E-state index in [1.807, 2.05) is 0 Å². The van der Waals surface area contributed by atoms with Gasteiger partial charge in [0.1, 0.15) is 58.5 Å². The van der Waals surface area contributed by atoms with Crippen molar-refractivity contribution in [1.82, 2.24) is 16.0 Å². The summed E-state index contributed by atoms with van der Waals surface area (Å²) in [5.41, 5.74) is -9.28. The van der Waals surface area contributed by atoms with Gasteiger partial charge in [0, 0.05) is 11.1 Å². The van der Waals surface area contributed by atoms with E-state index < -0.39 is 144 Å². The number of benzene rings is 8. The summed E-state index contributed by atoms with van der Waals surface area (Å²) in [6, 6.07) is 43.1. The van der Waals surface area contributed by atoms with Crippen molar-refractivity contribution in [3.63, 3.8) is 0 Å². The molecule has 0 unspecified atom stereocenters. The Hall–Kier alpha value is -8.77. The second-order valence-corrected chi connectivity index (χ2v) is 17.9. The van der Waals surface area contributed by atoms with E-state index in [0.29, 0.717) is 0 Å². The fourth-order valence-corrected chi connectivity index (χ4v) is 10.0. The van der Waals surface area contributed by atoms with Gasteiger partial charge >= 0.3 is 0 Å². The lowest BCUT2D eigenvalue weighted by Crippen LogP contribution is -2.81. The Morgan fingerprint density at radius 3 is 0.762 bits per heavy atom. The monoisotopic (exact) mass is 1140 g/mol. The van der Waals surface area contributed by atoms with Gasteiger partial charge in [-0.2, -0.15) is 0 Å². The number of rotatable bonds is 9. The normalized spacial score (nSPS) is 16.9. The van der Waals surface area contributed by atoms with E-state index >= 15 is 35.1 Å². The Bertz CT molecular complexity index is 3350. The lowest BCUT2D eigenvalue weighted by molar-refractivity contribution is -0.502. The number of hydrogen-bond acceptors (Lipinski definition) is 3. The van der Waals surface area contributed by atoms with Crippen LogP contribution in [0.5, 0.6) is 0 Å². The van der Waals surface area contributed by atoms with Crippen LogP contribution >= 0.6 is 0 Å². The summed E-state index contributed by atoms with van der Waals surface area (Å²) < 4.78 is 294. The molecule has 1 fully saturated rings. The van der Waals surface area contributed by atoms with Crippen molar-refractivity contribution in [2.24, 2.45) is 0 Å². The molecular weight excluding hydrogens is 1110 g/mol. The highest BCUT2D eigenvalue weighted by molar-refractivity contribution is 7.20. The summed E-state index contributed by atoms with van der Waals surface area (Å²) in [6.07, 6.45) is -5.05. The number of amidine groups is 1. The van der Waals surface area contributed by atoms with Crippen LogP contribution in [0.4, 0.5) is 87.8 Å². The summed E-state index contributed by atoms with van der Waals surface area (Å²) in [5, 5.41) is 11.2. The Labute approximate surface area is 437 Å². The van der Waals surface area contributed by atoms with E-state index in [9.17, 15) is 52.7 Å². The Balaban J connectivity index is 0.000000199. The van der Waals surface area contributed by atoms with E-state index in [1.165, 1.54) is 22.3 Å². The first-order chi connectivity index (χ1) is 38.1. The van der Waals surface area contributed by atoms with Crippen LogP contribution < -0.4 is 42.8 Å². The Morgan fingerprint density at radius 2 is 0.500 bits per heavy atom. The predicted molar refractivity (Wildman–Crippen MR) is 249 cm³/mol. The molecule has 0 bridgehead atoms. The van der Waals surface area contributed by atoms with Crippen molar-refractivity contribution in [3.8, 4) is 0 Å². The molecule has 0 aromatic heterocycles. The standard InChI is InChI=1S/C31H28N4.C24BF20/c1-5-13-22(14-6-1)28-29(23-15-7-2-8-16-23)33-26(32-28)21-27-34-30(24-17-9-3-10-18-24)31(35-27)25-19-11-4-12-20-25;26-5-1(6(27)14(35)21(42)13(5)34)25(2-7(28)15(36)22(43)16(37)8(2)29,3-9(30)17(38)23(44)18(39)10(3)31)4-11(32)19(40)24(45)20(41)12(4)33/h1-21,28-33H,(H,34,35);/q;-1/p+1/t28-,29-,30-,31-;/m0./s1. The highest BCUT2D eigenvalue weighted by Gasteiger charge is 2.52. The van der Waals surface area contributed by atoms with E-state index in [0.717, 1.165) is 11.7 Å². The van der Waals surface area contributed by atoms with Crippen LogP contribution in [0.3, 0.4) is 0 Å². The van der Waals surface area contributed by atoms with Gasteiger partial charge in [0.15, 0.2) is 81.9 Å². The molecule has 80 heavy (non-hydrogen) atoms. The van der Waals surface area contributed by atoms with E-state index in [2.05, 4.69) is 148 Å². The van der Waals surface area contributed by atoms with Crippen LogP contribution in [-0.4, -0.2) is 12.0 Å². The van der Waals surface area contributed by atoms with Gasteiger partial charge in [-0.25, -0.2) is 87.8 Å². The molecule has 2 aliphatic rings. The van der Waals surface area contributed by atoms with Crippen molar-refractivity contribution in [1.29, 1.82) is 0 Å². The topological polar surface area (TPSA) is 50.1 Å². The van der Waals surface area contributed by atoms with Crippen LogP contribution in [0.1, 0.15) is 46.4 Å². The van der Waals surface area contributed by atoms with Crippen molar-refractivity contribution in [3.05, 3.63) is 272 Å². The predicted octanol–water partition coefficient (Wildman–Crippen LogP) is 9.91. The van der Waals surface area contributed by atoms with Crippen LogP contribution in [0, 0.1) is 116 Å². The Morgan fingerprint density at radius 1 is 0.275 bits per heavy atom. The minimum absolute atomic E-state index is 0.140. The van der Waals surface area contributed by atoms with Crippen molar-refractivity contribution in [2.75, 3.05) is 0 Å². The van der Waals surface area contributed by atoms with Gasteiger partial charge < -0.3 is 10.6 Å². The summed E-state index contributed by atoms with van der Waals surface area (Å²) in [7, 11) is 0. The van der Waals surface area contributed by atoms with Gasteiger partial charge in [0.25, 0.3) is 5.84 Å². The third-order valence-corrected chi connectivity index (χ3v) is 13.5. The van der Waals surface area contributed by atoms with Gasteiger partial charge in [0.2, 0.25) is 0 Å². The van der Waals surface area contributed by atoms with Crippen LogP contribution in [-0.2, 0) is 0 Å². The molecule has 4 atom stereocenters. The van der Waals surface area contributed by atoms with E-state index in [-0.39, 0.29) is 24.2 Å². The molecule has 4 N–H and O–H groups in total. The minimum atomic E-state index is -7.22. The zero-order valence-corrected chi connectivity index (χ0v) is 39.6. The quantitative estimate of drug-likeness (QED) is 0.0505. The highest BCUT2D eigenvalue weighted by atomic mass is 19.2. The largest absolute Gasteiger partial charge is 0.362 e.